The fraction of sp³-hybridized carbons (Fsp3) is 0.273. The van der Waals surface area contributed by atoms with E-state index in [9.17, 15) is 5.11 Å². The van der Waals surface area contributed by atoms with Crippen LogP contribution in [0.5, 0.6) is 0 Å². The molecule has 2 aromatic rings. The van der Waals surface area contributed by atoms with E-state index in [2.05, 4.69) is 0 Å². The molecule has 2 rings (SSSR count). The van der Waals surface area contributed by atoms with Crippen LogP contribution < -0.4 is 5.73 Å². The predicted octanol–water partition coefficient (Wildman–Crippen LogP) is 1.32. The van der Waals surface area contributed by atoms with Crippen LogP contribution in [0.4, 0.5) is 0 Å². The number of aromatic nitrogens is 1. The summed E-state index contributed by atoms with van der Waals surface area (Å²) >= 11 is 0. The van der Waals surface area contributed by atoms with Crippen molar-refractivity contribution in [3.05, 3.63) is 42.2 Å². The molecule has 0 aliphatic rings. The van der Waals surface area contributed by atoms with Crippen molar-refractivity contribution in [2.24, 2.45) is 5.73 Å². The fourth-order valence-electron chi connectivity index (χ4n) is 1.61. The second-order valence-electron chi connectivity index (χ2n) is 3.57. The Bertz CT molecular complexity index is 434. The zero-order chi connectivity index (χ0) is 10.1. The Morgan fingerprint density at radius 3 is 2.79 bits per heavy atom. The highest BCUT2D eigenvalue weighted by molar-refractivity contribution is 5.56. The Kier molecular flexibility index (Phi) is 2.27. The van der Waals surface area contributed by atoms with E-state index in [1.807, 2.05) is 41.1 Å². The highest BCUT2D eigenvalue weighted by atomic mass is 16.3. The molecule has 74 valence electrons. The molecular weight excluding hydrogens is 176 g/mol. The Hall–Kier alpha value is -1.32. The molecule has 0 bridgehead atoms. The first-order chi connectivity index (χ1) is 6.70. The van der Waals surface area contributed by atoms with Crippen LogP contribution in [0.25, 0.3) is 5.52 Å². The van der Waals surface area contributed by atoms with Gasteiger partial charge in [0.2, 0.25) is 0 Å². The van der Waals surface area contributed by atoms with E-state index in [4.69, 9.17) is 5.73 Å². The van der Waals surface area contributed by atoms with Gasteiger partial charge in [-0.3, -0.25) is 0 Å². The summed E-state index contributed by atoms with van der Waals surface area (Å²) in [4.78, 5) is 0. The number of hydrogen-bond acceptors (Lipinski definition) is 2. The standard InChI is InChI=1S/C11H14N2O/c1-8(12)11(14)9-5-7-13-6-3-2-4-10(9)13/h2-8,11,14H,12H2,1H3. The quantitative estimate of drug-likeness (QED) is 0.750. The first-order valence-electron chi connectivity index (χ1n) is 4.69. The molecule has 2 heterocycles. The molecule has 0 aromatic carbocycles. The van der Waals surface area contributed by atoms with Crippen molar-refractivity contribution in [1.29, 1.82) is 0 Å². The summed E-state index contributed by atoms with van der Waals surface area (Å²) in [5.41, 5.74) is 7.56. The lowest BCUT2D eigenvalue weighted by Gasteiger charge is -2.13. The average molecular weight is 190 g/mol. The molecule has 2 aromatic heterocycles. The van der Waals surface area contributed by atoms with E-state index in [-0.39, 0.29) is 6.04 Å². The van der Waals surface area contributed by atoms with Gasteiger partial charge in [0.25, 0.3) is 0 Å². The molecule has 2 unspecified atom stereocenters. The molecule has 0 saturated carbocycles. The lowest BCUT2D eigenvalue weighted by Crippen LogP contribution is -2.24. The minimum absolute atomic E-state index is 0.249. The van der Waals surface area contributed by atoms with Crippen molar-refractivity contribution in [2.45, 2.75) is 19.1 Å². The van der Waals surface area contributed by atoms with Gasteiger partial charge in [-0.25, -0.2) is 0 Å². The molecule has 3 N–H and O–H groups in total. The maximum atomic E-state index is 9.85. The van der Waals surface area contributed by atoms with Gasteiger partial charge in [0.1, 0.15) is 0 Å². The van der Waals surface area contributed by atoms with Crippen molar-refractivity contribution >= 4 is 5.52 Å². The molecule has 0 fully saturated rings. The highest BCUT2D eigenvalue weighted by Gasteiger charge is 2.15. The second-order valence-corrected chi connectivity index (χ2v) is 3.57. The van der Waals surface area contributed by atoms with Crippen molar-refractivity contribution < 1.29 is 5.11 Å². The van der Waals surface area contributed by atoms with Crippen LogP contribution in [0.3, 0.4) is 0 Å². The van der Waals surface area contributed by atoms with E-state index in [1.165, 1.54) is 0 Å². The number of pyridine rings is 1. The molecule has 3 heteroatoms. The second kappa shape index (κ2) is 3.44. The summed E-state index contributed by atoms with van der Waals surface area (Å²) < 4.78 is 1.97. The zero-order valence-corrected chi connectivity index (χ0v) is 8.09. The van der Waals surface area contributed by atoms with Crippen LogP contribution in [-0.2, 0) is 0 Å². The zero-order valence-electron chi connectivity index (χ0n) is 8.09. The van der Waals surface area contributed by atoms with Crippen LogP contribution in [-0.4, -0.2) is 15.5 Å². The predicted molar refractivity (Wildman–Crippen MR) is 56.0 cm³/mol. The van der Waals surface area contributed by atoms with Gasteiger partial charge in [-0.2, -0.15) is 0 Å². The Morgan fingerprint density at radius 2 is 2.07 bits per heavy atom. The number of aliphatic hydroxyl groups is 1. The van der Waals surface area contributed by atoms with Crippen molar-refractivity contribution in [3.63, 3.8) is 0 Å². The molecule has 14 heavy (non-hydrogen) atoms. The first kappa shape index (κ1) is 9.24. The van der Waals surface area contributed by atoms with Gasteiger partial charge in [-0.1, -0.05) is 6.07 Å². The summed E-state index contributed by atoms with van der Waals surface area (Å²) in [6.07, 6.45) is 3.28. The number of nitrogens with two attached hydrogens (primary N) is 1. The van der Waals surface area contributed by atoms with Gasteiger partial charge >= 0.3 is 0 Å². The van der Waals surface area contributed by atoms with Crippen LogP contribution >= 0.6 is 0 Å². The molecule has 0 saturated heterocycles. The molecule has 0 aliphatic heterocycles. The molecule has 0 spiro atoms. The largest absolute Gasteiger partial charge is 0.387 e. The molecule has 2 atom stereocenters. The molecule has 0 amide bonds. The van der Waals surface area contributed by atoms with Gasteiger partial charge in [-0.15, -0.1) is 0 Å². The third-order valence-electron chi connectivity index (χ3n) is 2.42. The lowest BCUT2D eigenvalue weighted by molar-refractivity contribution is 0.155. The first-order valence-corrected chi connectivity index (χ1v) is 4.69. The topological polar surface area (TPSA) is 50.7 Å². The smallest absolute Gasteiger partial charge is 0.0958 e. The average Bonchev–Trinajstić information content (AvgIpc) is 2.60. The van der Waals surface area contributed by atoms with Gasteiger partial charge in [0, 0.05) is 24.0 Å². The molecule has 3 nitrogen and oxygen atoms in total. The van der Waals surface area contributed by atoms with E-state index < -0.39 is 6.10 Å². The van der Waals surface area contributed by atoms with Gasteiger partial charge in [-0.05, 0) is 25.1 Å². The number of rotatable bonds is 2. The monoisotopic (exact) mass is 190 g/mol. The van der Waals surface area contributed by atoms with Crippen LogP contribution in [0.2, 0.25) is 0 Å². The Balaban J connectivity index is 2.53. The molecule has 0 radical (unpaired) electrons. The van der Waals surface area contributed by atoms with E-state index in [0.717, 1.165) is 11.1 Å². The minimum Gasteiger partial charge on any atom is -0.387 e. The summed E-state index contributed by atoms with van der Waals surface area (Å²) in [6.45, 7) is 1.80. The third-order valence-corrected chi connectivity index (χ3v) is 2.42. The Labute approximate surface area is 82.8 Å². The van der Waals surface area contributed by atoms with E-state index >= 15 is 0 Å². The maximum absolute atomic E-state index is 9.85. The van der Waals surface area contributed by atoms with Crippen molar-refractivity contribution in [1.82, 2.24) is 4.40 Å². The minimum atomic E-state index is -0.595. The maximum Gasteiger partial charge on any atom is 0.0958 e. The summed E-state index contributed by atoms with van der Waals surface area (Å²) in [6, 6.07) is 7.54. The summed E-state index contributed by atoms with van der Waals surface area (Å²) in [7, 11) is 0. The highest BCUT2D eigenvalue weighted by Crippen LogP contribution is 2.21. The Morgan fingerprint density at radius 1 is 1.29 bits per heavy atom. The summed E-state index contributed by atoms with van der Waals surface area (Å²) in [5.74, 6) is 0. The molecule has 0 aliphatic carbocycles. The van der Waals surface area contributed by atoms with Crippen LogP contribution in [0.1, 0.15) is 18.6 Å². The van der Waals surface area contributed by atoms with Crippen molar-refractivity contribution in [3.8, 4) is 0 Å². The third kappa shape index (κ3) is 1.41. The van der Waals surface area contributed by atoms with Gasteiger partial charge in [0.15, 0.2) is 0 Å². The van der Waals surface area contributed by atoms with E-state index in [0.29, 0.717) is 0 Å². The van der Waals surface area contributed by atoms with Crippen LogP contribution in [0, 0.1) is 0 Å². The molecular formula is C11H14N2O. The number of aliphatic hydroxyl groups excluding tert-OH is 1. The lowest BCUT2D eigenvalue weighted by atomic mass is 10.1. The van der Waals surface area contributed by atoms with Gasteiger partial charge < -0.3 is 15.2 Å². The number of fused-ring (bicyclic) bond motifs is 1. The van der Waals surface area contributed by atoms with E-state index in [1.54, 1.807) is 6.92 Å². The number of hydrogen-bond donors (Lipinski definition) is 2. The normalized spacial score (nSPS) is 15.6. The van der Waals surface area contributed by atoms with Crippen LogP contribution in [0.15, 0.2) is 36.7 Å². The summed E-state index contributed by atoms with van der Waals surface area (Å²) in [5, 5.41) is 9.85. The fourth-order valence-corrected chi connectivity index (χ4v) is 1.61. The SMILES string of the molecule is CC(N)C(O)c1ccn2ccccc12. The number of nitrogens with zero attached hydrogens (tertiary/aromatic N) is 1. The van der Waals surface area contributed by atoms with Crippen molar-refractivity contribution in [2.75, 3.05) is 0 Å². The van der Waals surface area contributed by atoms with Gasteiger partial charge in [0.05, 0.1) is 11.6 Å².